The summed E-state index contributed by atoms with van der Waals surface area (Å²) in [5.74, 6) is -5.87. The van der Waals surface area contributed by atoms with E-state index in [1.54, 1.807) is 18.2 Å². The number of carbonyl (C=O) groups is 2. The van der Waals surface area contributed by atoms with E-state index in [1.807, 2.05) is 0 Å². The number of imide groups is 1. The van der Waals surface area contributed by atoms with Gasteiger partial charge in [-0.2, -0.15) is 0 Å². The number of ether oxygens (including phenoxy) is 1. The Morgan fingerprint density at radius 3 is 2.25 bits per heavy atom. The summed E-state index contributed by atoms with van der Waals surface area (Å²) in [5.41, 5.74) is -0.976. The summed E-state index contributed by atoms with van der Waals surface area (Å²) in [4.78, 5) is 27.0. The fraction of sp³-hybridized carbons (Fsp3) is 0.0435. The van der Waals surface area contributed by atoms with E-state index in [9.17, 15) is 27.2 Å². The maximum Gasteiger partial charge on any atom is 0.282 e. The van der Waals surface area contributed by atoms with Crippen molar-refractivity contribution in [1.29, 1.82) is 0 Å². The Hall–Kier alpha value is -4.14. The normalized spacial score (nSPS) is 13.7. The maximum absolute atomic E-state index is 14.4. The minimum Gasteiger partial charge on any atom is -0.496 e. The number of halogens is 4. The summed E-state index contributed by atoms with van der Waals surface area (Å²) in [6.07, 6.45) is 0. The number of benzene rings is 3. The van der Waals surface area contributed by atoms with Crippen LogP contribution in [-0.2, 0) is 9.59 Å². The lowest BCUT2D eigenvalue weighted by atomic mass is 10.0. The van der Waals surface area contributed by atoms with E-state index in [4.69, 9.17) is 4.74 Å². The van der Waals surface area contributed by atoms with E-state index >= 15 is 0 Å². The van der Waals surface area contributed by atoms with Gasteiger partial charge in [0.25, 0.3) is 11.8 Å². The average Bonchev–Trinajstić information content (AvgIpc) is 3.01. The van der Waals surface area contributed by atoms with Crippen LogP contribution in [0, 0.1) is 23.3 Å². The second-order valence-electron chi connectivity index (χ2n) is 6.75. The largest absolute Gasteiger partial charge is 0.496 e. The van der Waals surface area contributed by atoms with Gasteiger partial charge in [0.15, 0.2) is 11.6 Å². The number of amides is 2. The van der Waals surface area contributed by atoms with Crippen molar-refractivity contribution in [2.45, 2.75) is 0 Å². The molecule has 0 fully saturated rings. The zero-order valence-electron chi connectivity index (χ0n) is 16.5. The molecule has 0 radical (unpaired) electrons. The zero-order chi connectivity index (χ0) is 23.0. The topological polar surface area (TPSA) is 58.6 Å². The predicted molar refractivity (Wildman–Crippen MR) is 109 cm³/mol. The molecule has 162 valence electrons. The van der Waals surface area contributed by atoms with Gasteiger partial charge in [0.05, 0.1) is 18.4 Å². The number of nitrogens with zero attached hydrogens (tertiary/aromatic N) is 1. The van der Waals surface area contributed by atoms with Gasteiger partial charge in [-0.1, -0.05) is 18.2 Å². The highest BCUT2D eigenvalue weighted by atomic mass is 19.2. The highest BCUT2D eigenvalue weighted by molar-refractivity contribution is 6.46. The molecule has 0 unspecified atom stereocenters. The van der Waals surface area contributed by atoms with Gasteiger partial charge >= 0.3 is 0 Å². The van der Waals surface area contributed by atoms with Crippen molar-refractivity contribution >= 4 is 28.8 Å². The number of nitrogens with one attached hydrogen (secondary N) is 1. The Morgan fingerprint density at radius 2 is 1.53 bits per heavy atom. The average molecular weight is 442 g/mol. The molecule has 0 bridgehead atoms. The van der Waals surface area contributed by atoms with Crippen molar-refractivity contribution in [1.82, 2.24) is 0 Å². The minimum absolute atomic E-state index is 0.0333. The summed E-state index contributed by atoms with van der Waals surface area (Å²) in [6, 6.07) is 11.4. The Kier molecular flexibility index (Phi) is 5.40. The Balaban J connectivity index is 1.89. The van der Waals surface area contributed by atoms with Gasteiger partial charge in [-0.3, -0.25) is 9.59 Å². The van der Waals surface area contributed by atoms with Crippen molar-refractivity contribution in [2.24, 2.45) is 0 Å². The Labute approximate surface area is 179 Å². The molecule has 3 aromatic carbocycles. The van der Waals surface area contributed by atoms with Crippen molar-refractivity contribution in [2.75, 3.05) is 17.3 Å². The van der Waals surface area contributed by atoms with Crippen molar-refractivity contribution in [3.8, 4) is 5.75 Å². The third-order valence-corrected chi connectivity index (χ3v) is 4.80. The second-order valence-corrected chi connectivity index (χ2v) is 6.75. The molecule has 1 heterocycles. The minimum atomic E-state index is -1.18. The van der Waals surface area contributed by atoms with E-state index in [1.165, 1.54) is 13.2 Å². The van der Waals surface area contributed by atoms with Crippen LogP contribution in [0.3, 0.4) is 0 Å². The van der Waals surface area contributed by atoms with E-state index in [0.29, 0.717) is 11.0 Å². The molecule has 1 N–H and O–H groups in total. The first kappa shape index (κ1) is 21.1. The highest BCUT2D eigenvalue weighted by Gasteiger charge is 2.42. The van der Waals surface area contributed by atoms with Crippen molar-refractivity contribution in [3.63, 3.8) is 0 Å². The Morgan fingerprint density at radius 1 is 0.812 bits per heavy atom. The molecule has 5 nitrogen and oxygen atoms in total. The molecule has 0 atom stereocenters. The molecule has 0 saturated carbocycles. The highest BCUT2D eigenvalue weighted by Crippen LogP contribution is 2.38. The maximum atomic E-state index is 14.4. The first-order valence-electron chi connectivity index (χ1n) is 9.25. The monoisotopic (exact) mass is 442 g/mol. The van der Waals surface area contributed by atoms with E-state index in [0.717, 1.165) is 30.3 Å². The van der Waals surface area contributed by atoms with E-state index < -0.39 is 40.8 Å². The Bertz CT molecular complexity index is 1290. The van der Waals surface area contributed by atoms with Gasteiger partial charge in [0.2, 0.25) is 0 Å². The van der Waals surface area contributed by atoms with Crippen LogP contribution >= 0.6 is 0 Å². The fourth-order valence-corrected chi connectivity index (χ4v) is 3.34. The predicted octanol–water partition coefficient (Wildman–Crippen LogP) is 4.65. The lowest BCUT2D eigenvalue weighted by Gasteiger charge is -2.16. The lowest BCUT2D eigenvalue weighted by Crippen LogP contribution is -2.33. The number of carbonyl (C=O) groups excluding carboxylic acids is 2. The summed E-state index contributed by atoms with van der Waals surface area (Å²) < 4.78 is 60.5. The molecule has 9 heteroatoms. The molecular weight excluding hydrogens is 428 g/mol. The second kappa shape index (κ2) is 8.18. The number of hydrogen-bond acceptors (Lipinski definition) is 4. The van der Waals surface area contributed by atoms with Gasteiger partial charge in [-0.05, 0) is 30.3 Å². The third-order valence-electron chi connectivity index (χ3n) is 4.80. The molecular formula is C23H14F4N2O3. The van der Waals surface area contributed by atoms with Gasteiger partial charge in [-0.15, -0.1) is 0 Å². The number of anilines is 2. The SMILES string of the molecule is COc1ccccc1C1=C(Nc2ccc(F)c(F)c2)C(=O)N(c2cc(F)ccc2F)C1=O. The quantitative estimate of drug-likeness (QED) is 0.462. The molecule has 32 heavy (non-hydrogen) atoms. The van der Waals surface area contributed by atoms with Gasteiger partial charge in [0, 0.05) is 23.4 Å². The smallest absolute Gasteiger partial charge is 0.282 e. The first-order valence-corrected chi connectivity index (χ1v) is 9.25. The summed E-state index contributed by atoms with van der Waals surface area (Å²) in [7, 11) is 1.35. The summed E-state index contributed by atoms with van der Waals surface area (Å²) >= 11 is 0. The van der Waals surface area contributed by atoms with Crippen LogP contribution in [-0.4, -0.2) is 18.9 Å². The van der Waals surface area contributed by atoms with Crippen LogP contribution in [0.25, 0.3) is 5.57 Å². The molecule has 3 aromatic rings. The summed E-state index contributed by atoms with van der Waals surface area (Å²) in [6.45, 7) is 0. The number of para-hydroxylation sites is 1. The van der Waals surface area contributed by atoms with Crippen LogP contribution in [0.4, 0.5) is 28.9 Å². The van der Waals surface area contributed by atoms with Crippen LogP contribution in [0.5, 0.6) is 5.75 Å². The van der Waals surface area contributed by atoms with E-state index in [-0.39, 0.29) is 28.3 Å². The first-order chi connectivity index (χ1) is 15.3. The number of hydrogen-bond donors (Lipinski definition) is 1. The zero-order valence-corrected chi connectivity index (χ0v) is 16.5. The van der Waals surface area contributed by atoms with Gasteiger partial charge in [-0.25, -0.2) is 22.5 Å². The fourth-order valence-electron chi connectivity index (χ4n) is 3.34. The number of rotatable bonds is 5. The van der Waals surface area contributed by atoms with Gasteiger partial charge < -0.3 is 10.1 Å². The summed E-state index contributed by atoms with van der Waals surface area (Å²) in [5, 5.41) is 2.61. The molecule has 1 aliphatic rings. The van der Waals surface area contributed by atoms with Crippen LogP contribution in [0.15, 0.2) is 66.4 Å². The van der Waals surface area contributed by atoms with Crippen LogP contribution in [0.2, 0.25) is 0 Å². The molecule has 0 saturated heterocycles. The molecule has 0 spiro atoms. The molecule has 0 aromatic heterocycles. The third kappa shape index (κ3) is 3.58. The van der Waals surface area contributed by atoms with E-state index in [2.05, 4.69) is 5.32 Å². The van der Waals surface area contributed by atoms with Crippen molar-refractivity contribution < 1.29 is 31.9 Å². The molecule has 1 aliphatic heterocycles. The molecule has 0 aliphatic carbocycles. The van der Waals surface area contributed by atoms with Crippen LogP contribution < -0.4 is 15.0 Å². The van der Waals surface area contributed by atoms with Crippen molar-refractivity contribution in [3.05, 3.63) is 95.2 Å². The number of methoxy groups -OCH3 is 1. The molecule has 2 amide bonds. The van der Waals surface area contributed by atoms with Gasteiger partial charge in [0.1, 0.15) is 23.1 Å². The lowest BCUT2D eigenvalue weighted by molar-refractivity contribution is -0.120. The van der Waals surface area contributed by atoms with Crippen LogP contribution in [0.1, 0.15) is 5.56 Å². The standard InChI is InChI=1S/C23H14F4N2O3/c1-32-19-5-3-2-4-14(19)20-21(28-13-7-9-15(25)17(27)11-13)23(31)29(22(20)30)18-10-12(24)6-8-16(18)26/h2-11,28H,1H3. The molecule has 4 rings (SSSR count).